The first-order chi connectivity index (χ1) is 11.7. The lowest BCUT2D eigenvalue weighted by Crippen LogP contribution is -2.38. The summed E-state index contributed by atoms with van der Waals surface area (Å²) >= 11 is 0. The summed E-state index contributed by atoms with van der Waals surface area (Å²) in [7, 11) is 1.74. The van der Waals surface area contributed by atoms with E-state index in [9.17, 15) is 4.79 Å². The van der Waals surface area contributed by atoms with Gasteiger partial charge in [0.15, 0.2) is 12.6 Å². The van der Waals surface area contributed by atoms with E-state index in [2.05, 4.69) is 27.5 Å². The van der Waals surface area contributed by atoms with Crippen molar-refractivity contribution in [2.24, 2.45) is 4.99 Å². The lowest BCUT2D eigenvalue weighted by Gasteiger charge is -2.11. The number of benzene rings is 1. The smallest absolute Gasteiger partial charge is 0.258 e. The van der Waals surface area contributed by atoms with E-state index in [1.54, 1.807) is 13.1 Å². The Kier molecular flexibility index (Phi) is 7.14. The van der Waals surface area contributed by atoms with Crippen molar-refractivity contribution in [3.05, 3.63) is 42.5 Å². The summed E-state index contributed by atoms with van der Waals surface area (Å²) in [5.74, 6) is 1.42. The van der Waals surface area contributed by atoms with Gasteiger partial charge in [-0.1, -0.05) is 18.2 Å². The molecule has 0 aromatic heterocycles. The van der Waals surface area contributed by atoms with Gasteiger partial charge in [-0.05, 0) is 37.0 Å². The number of carbonyl (C=O) groups is 1. The number of hydrogen-bond donors (Lipinski definition) is 3. The van der Waals surface area contributed by atoms with Crippen molar-refractivity contribution in [2.75, 3.05) is 26.7 Å². The van der Waals surface area contributed by atoms with Gasteiger partial charge in [-0.2, -0.15) is 0 Å². The molecule has 24 heavy (non-hydrogen) atoms. The second kappa shape index (κ2) is 9.60. The van der Waals surface area contributed by atoms with Crippen LogP contribution in [0.25, 0.3) is 0 Å². The van der Waals surface area contributed by atoms with Crippen molar-refractivity contribution in [1.29, 1.82) is 0 Å². The number of amides is 1. The Labute approximate surface area is 143 Å². The van der Waals surface area contributed by atoms with Crippen molar-refractivity contribution in [3.63, 3.8) is 0 Å². The minimum Gasteiger partial charge on any atom is -0.484 e. The molecular weight excluding hydrogens is 304 g/mol. The minimum atomic E-state index is -0.0517. The maximum Gasteiger partial charge on any atom is 0.258 e. The Morgan fingerprint density at radius 2 is 2.08 bits per heavy atom. The number of aliphatic imine (C=N–C) groups is 1. The number of hydrogen-bond acceptors (Lipinski definition) is 3. The Morgan fingerprint density at radius 1 is 1.33 bits per heavy atom. The molecule has 6 nitrogen and oxygen atoms in total. The fourth-order valence-corrected chi connectivity index (χ4v) is 2.11. The average Bonchev–Trinajstić information content (AvgIpc) is 3.41. The summed E-state index contributed by atoms with van der Waals surface area (Å²) in [4.78, 5) is 15.7. The Hall–Kier alpha value is -2.50. The average molecular weight is 330 g/mol. The summed E-state index contributed by atoms with van der Waals surface area (Å²) in [6, 6.07) is 8.18. The molecule has 0 unspecified atom stereocenters. The number of rotatable bonds is 9. The first kappa shape index (κ1) is 17.8. The van der Waals surface area contributed by atoms with Crippen LogP contribution in [-0.4, -0.2) is 44.7 Å². The zero-order valence-electron chi connectivity index (χ0n) is 14.2. The second-order valence-electron chi connectivity index (χ2n) is 5.69. The largest absolute Gasteiger partial charge is 0.484 e. The predicted octanol–water partition coefficient (Wildman–Crippen LogP) is 1.24. The summed E-state index contributed by atoms with van der Waals surface area (Å²) in [6.45, 7) is 5.20. The predicted molar refractivity (Wildman–Crippen MR) is 96.4 cm³/mol. The monoisotopic (exact) mass is 330 g/mol. The van der Waals surface area contributed by atoms with E-state index in [1.807, 2.05) is 24.3 Å². The molecule has 0 atom stereocenters. The highest BCUT2D eigenvalue weighted by atomic mass is 16.5. The Bertz CT molecular complexity index is 565. The van der Waals surface area contributed by atoms with Crippen molar-refractivity contribution in [1.82, 2.24) is 16.0 Å². The van der Waals surface area contributed by atoms with Crippen LogP contribution in [-0.2, 0) is 11.2 Å². The molecule has 0 spiro atoms. The molecule has 1 amide bonds. The molecule has 0 bridgehead atoms. The molecule has 0 aliphatic heterocycles. The highest BCUT2D eigenvalue weighted by molar-refractivity contribution is 5.79. The quantitative estimate of drug-likeness (QED) is 0.362. The highest BCUT2D eigenvalue weighted by Crippen LogP contribution is 2.18. The van der Waals surface area contributed by atoms with Gasteiger partial charge in [0, 0.05) is 26.2 Å². The molecular formula is C18H26N4O2. The third-order valence-electron chi connectivity index (χ3n) is 3.58. The molecule has 2 rings (SSSR count). The third-order valence-corrected chi connectivity index (χ3v) is 3.58. The Morgan fingerprint density at radius 3 is 2.71 bits per heavy atom. The van der Waals surface area contributed by atoms with E-state index < -0.39 is 0 Å². The van der Waals surface area contributed by atoms with Crippen molar-refractivity contribution in [3.8, 4) is 5.75 Å². The molecule has 1 aliphatic carbocycles. The molecule has 1 saturated carbocycles. The maximum absolute atomic E-state index is 11.6. The molecule has 1 aliphatic rings. The van der Waals surface area contributed by atoms with Crippen molar-refractivity contribution in [2.45, 2.75) is 25.3 Å². The fraction of sp³-hybridized carbons (Fsp3) is 0.444. The van der Waals surface area contributed by atoms with Crippen LogP contribution in [0.4, 0.5) is 0 Å². The zero-order chi connectivity index (χ0) is 17.2. The standard InChI is InChI=1S/C18H26N4O2/c1-3-11-20-18(19-2)21-12-10-14-4-8-16(9-5-14)24-13-17(23)22-15-6-7-15/h3-5,8-9,15H,1,6-7,10-13H2,2H3,(H,22,23)(H2,19,20,21). The van der Waals surface area contributed by atoms with Gasteiger partial charge in [0.2, 0.25) is 0 Å². The molecule has 6 heteroatoms. The van der Waals surface area contributed by atoms with Crippen LogP contribution in [0, 0.1) is 0 Å². The van der Waals surface area contributed by atoms with Crippen LogP contribution < -0.4 is 20.7 Å². The summed E-state index contributed by atoms with van der Waals surface area (Å²) in [6.07, 6.45) is 4.83. The van der Waals surface area contributed by atoms with E-state index in [4.69, 9.17) is 4.74 Å². The van der Waals surface area contributed by atoms with Crippen LogP contribution in [0.1, 0.15) is 18.4 Å². The van der Waals surface area contributed by atoms with Gasteiger partial charge in [-0.3, -0.25) is 9.79 Å². The van der Waals surface area contributed by atoms with E-state index in [0.29, 0.717) is 18.3 Å². The first-order valence-electron chi connectivity index (χ1n) is 8.27. The van der Waals surface area contributed by atoms with Crippen LogP contribution in [0.5, 0.6) is 5.75 Å². The minimum absolute atomic E-state index is 0.0517. The second-order valence-corrected chi connectivity index (χ2v) is 5.69. The Balaban J connectivity index is 1.67. The van der Waals surface area contributed by atoms with Crippen LogP contribution in [0.3, 0.4) is 0 Å². The zero-order valence-corrected chi connectivity index (χ0v) is 14.2. The molecule has 1 fully saturated rings. The number of nitrogens with one attached hydrogen (secondary N) is 3. The van der Waals surface area contributed by atoms with E-state index in [1.165, 1.54) is 5.56 Å². The van der Waals surface area contributed by atoms with Gasteiger partial charge in [0.1, 0.15) is 5.75 Å². The van der Waals surface area contributed by atoms with Crippen LogP contribution in [0.2, 0.25) is 0 Å². The molecule has 0 radical (unpaired) electrons. The summed E-state index contributed by atoms with van der Waals surface area (Å²) in [5, 5.41) is 9.26. The molecule has 130 valence electrons. The van der Waals surface area contributed by atoms with Crippen LogP contribution in [0.15, 0.2) is 41.9 Å². The van der Waals surface area contributed by atoms with Crippen LogP contribution >= 0.6 is 0 Å². The fourth-order valence-electron chi connectivity index (χ4n) is 2.11. The summed E-state index contributed by atoms with van der Waals surface area (Å²) < 4.78 is 5.49. The van der Waals surface area contributed by atoms with E-state index in [-0.39, 0.29) is 12.5 Å². The number of guanidine groups is 1. The van der Waals surface area contributed by atoms with Gasteiger partial charge in [-0.15, -0.1) is 6.58 Å². The number of carbonyl (C=O) groups excluding carboxylic acids is 1. The van der Waals surface area contributed by atoms with Gasteiger partial charge in [0.25, 0.3) is 5.91 Å². The topological polar surface area (TPSA) is 74.8 Å². The normalized spacial score (nSPS) is 14.0. The molecule has 0 heterocycles. The molecule has 0 saturated heterocycles. The number of ether oxygens (including phenoxy) is 1. The van der Waals surface area contributed by atoms with Gasteiger partial charge in [-0.25, -0.2) is 0 Å². The lowest BCUT2D eigenvalue weighted by molar-refractivity contribution is -0.123. The maximum atomic E-state index is 11.6. The van der Waals surface area contributed by atoms with E-state index >= 15 is 0 Å². The molecule has 1 aromatic rings. The van der Waals surface area contributed by atoms with Crippen molar-refractivity contribution < 1.29 is 9.53 Å². The summed E-state index contributed by atoms with van der Waals surface area (Å²) in [5.41, 5.74) is 1.19. The SMILES string of the molecule is C=CCNC(=NC)NCCc1ccc(OCC(=O)NC2CC2)cc1. The highest BCUT2D eigenvalue weighted by Gasteiger charge is 2.23. The van der Waals surface area contributed by atoms with Gasteiger partial charge < -0.3 is 20.7 Å². The molecule has 1 aromatic carbocycles. The van der Waals surface area contributed by atoms with Gasteiger partial charge >= 0.3 is 0 Å². The van der Waals surface area contributed by atoms with Crippen molar-refractivity contribution >= 4 is 11.9 Å². The number of nitrogens with zero attached hydrogens (tertiary/aromatic N) is 1. The molecule has 3 N–H and O–H groups in total. The van der Waals surface area contributed by atoms with E-state index in [0.717, 1.165) is 31.8 Å². The van der Waals surface area contributed by atoms with Gasteiger partial charge in [0.05, 0.1) is 0 Å². The lowest BCUT2D eigenvalue weighted by atomic mass is 10.1. The third kappa shape index (κ3) is 6.73. The first-order valence-corrected chi connectivity index (χ1v) is 8.27.